The molecule has 1 N–H and O–H groups in total. The molecule has 0 radical (unpaired) electrons. The first-order valence-electron chi connectivity index (χ1n) is 7.46. The molecule has 0 spiro atoms. The highest BCUT2D eigenvalue weighted by molar-refractivity contribution is 5.92. The zero-order chi connectivity index (χ0) is 16.2. The van der Waals surface area contributed by atoms with Crippen molar-refractivity contribution in [2.75, 3.05) is 7.11 Å². The molecule has 6 nitrogen and oxygen atoms in total. The van der Waals surface area contributed by atoms with Gasteiger partial charge in [0.1, 0.15) is 5.69 Å². The molecule has 0 aliphatic rings. The maximum Gasteiger partial charge on any atom is 0.271 e. The molecule has 23 heavy (non-hydrogen) atoms. The van der Waals surface area contributed by atoms with Crippen molar-refractivity contribution in [2.45, 2.75) is 19.9 Å². The van der Waals surface area contributed by atoms with E-state index in [9.17, 15) is 4.79 Å². The lowest BCUT2D eigenvalue weighted by Gasteiger charge is -2.04. The number of nitrogens with one attached hydrogen (secondary N) is 1. The number of aryl methyl sites for hydroxylation is 1. The van der Waals surface area contributed by atoms with Crippen LogP contribution in [0, 0.1) is 0 Å². The fourth-order valence-electron chi connectivity index (χ4n) is 2.25. The van der Waals surface area contributed by atoms with Crippen molar-refractivity contribution >= 4 is 11.6 Å². The second-order valence-corrected chi connectivity index (χ2v) is 5.16. The van der Waals surface area contributed by atoms with E-state index in [2.05, 4.69) is 34.5 Å². The number of rotatable bonds is 5. The Labute approximate surface area is 134 Å². The molecule has 1 amide bonds. The van der Waals surface area contributed by atoms with Gasteiger partial charge in [-0.2, -0.15) is 0 Å². The van der Waals surface area contributed by atoms with Crippen LogP contribution >= 0.6 is 0 Å². The number of fused-ring (bicyclic) bond motifs is 1. The molecule has 0 bridgehead atoms. The third kappa shape index (κ3) is 3.31. The molecule has 0 atom stereocenters. The zero-order valence-electron chi connectivity index (χ0n) is 13.1. The number of nitrogens with zero attached hydrogens (tertiary/aromatic N) is 3. The molecule has 0 saturated heterocycles. The summed E-state index contributed by atoms with van der Waals surface area (Å²) in [5.74, 6) is 0.243. The Morgan fingerprint density at radius 2 is 1.91 bits per heavy atom. The number of benzene rings is 1. The van der Waals surface area contributed by atoms with E-state index < -0.39 is 0 Å². The smallest absolute Gasteiger partial charge is 0.271 e. The number of hydrogen-bond acceptors (Lipinski definition) is 4. The molecular formula is C17H18N4O2. The Hall–Kier alpha value is -2.89. The summed E-state index contributed by atoms with van der Waals surface area (Å²) in [6.07, 6.45) is 2.59. The predicted octanol–water partition coefficient (Wildman–Crippen LogP) is 2.23. The Balaban J connectivity index is 1.69. The van der Waals surface area contributed by atoms with Gasteiger partial charge in [-0.05, 0) is 23.6 Å². The second-order valence-electron chi connectivity index (χ2n) is 5.16. The van der Waals surface area contributed by atoms with Crippen molar-refractivity contribution in [3.05, 3.63) is 59.4 Å². The molecule has 0 saturated carbocycles. The number of hydrogen-bond donors (Lipinski definition) is 1. The van der Waals surface area contributed by atoms with E-state index >= 15 is 0 Å². The number of methoxy groups -OCH3 is 1. The molecule has 0 aliphatic carbocycles. The van der Waals surface area contributed by atoms with Gasteiger partial charge in [-0.25, -0.2) is 9.50 Å². The monoisotopic (exact) mass is 310 g/mol. The number of carbonyl (C=O) groups is 1. The number of imidazole rings is 1. The lowest BCUT2D eigenvalue weighted by Crippen LogP contribution is -2.23. The standard InChI is InChI=1S/C17H18N4O2/c1-3-12-4-6-13(7-5-12)10-18-17(22)14-11-21-15(19-14)8-9-16(20-21)23-2/h4-9,11H,3,10H2,1-2H3,(H,18,22). The molecular weight excluding hydrogens is 292 g/mol. The first-order chi connectivity index (χ1) is 11.2. The highest BCUT2D eigenvalue weighted by atomic mass is 16.5. The van der Waals surface area contributed by atoms with E-state index in [1.54, 1.807) is 25.4 Å². The maximum atomic E-state index is 12.2. The first kappa shape index (κ1) is 15.0. The number of aromatic nitrogens is 3. The summed E-state index contributed by atoms with van der Waals surface area (Å²) in [6.45, 7) is 2.58. The van der Waals surface area contributed by atoms with E-state index in [1.165, 1.54) is 10.1 Å². The first-order valence-corrected chi connectivity index (χ1v) is 7.46. The molecule has 1 aromatic carbocycles. The molecule has 0 fully saturated rings. The number of amides is 1. The van der Waals surface area contributed by atoms with Crippen molar-refractivity contribution in [3.63, 3.8) is 0 Å². The molecule has 118 valence electrons. The minimum atomic E-state index is -0.228. The van der Waals surface area contributed by atoms with Crippen LogP contribution in [-0.2, 0) is 13.0 Å². The molecule has 0 unspecified atom stereocenters. The number of ether oxygens (including phenoxy) is 1. The fraction of sp³-hybridized carbons (Fsp3) is 0.235. The van der Waals surface area contributed by atoms with Gasteiger partial charge in [0.05, 0.1) is 13.3 Å². The van der Waals surface area contributed by atoms with Gasteiger partial charge in [0.15, 0.2) is 5.65 Å². The van der Waals surface area contributed by atoms with Crippen molar-refractivity contribution in [1.82, 2.24) is 19.9 Å². The van der Waals surface area contributed by atoms with Crippen LogP contribution in [0.4, 0.5) is 0 Å². The average Bonchev–Trinajstić information content (AvgIpc) is 3.03. The third-order valence-electron chi connectivity index (χ3n) is 3.62. The Kier molecular flexibility index (Phi) is 4.23. The van der Waals surface area contributed by atoms with Gasteiger partial charge in [-0.3, -0.25) is 4.79 Å². The van der Waals surface area contributed by atoms with Crippen LogP contribution in [0.25, 0.3) is 5.65 Å². The minimum absolute atomic E-state index is 0.228. The molecule has 0 aliphatic heterocycles. The Bertz CT molecular complexity index is 824. The average molecular weight is 310 g/mol. The van der Waals surface area contributed by atoms with E-state index in [1.807, 2.05) is 12.1 Å². The molecule has 6 heteroatoms. The molecule has 3 rings (SSSR count). The summed E-state index contributed by atoms with van der Waals surface area (Å²) in [5, 5.41) is 7.05. The van der Waals surface area contributed by atoms with Crippen LogP contribution in [0.1, 0.15) is 28.5 Å². The van der Waals surface area contributed by atoms with E-state index in [0.29, 0.717) is 23.8 Å². The highest BCUT2D eigenvalue weighted by Gasteiger charge is 2.11. The van der Waals surface area contributed by atoms with Gasteiger partial charge in [0, 0.05) is 12.6 Å². The summed E-state index contributed by atoms with van der Waals surface area (Å²) in [6, 6.07) is 11.7. The predicted molar refractivity (Wildman–Crippen MR) is 86.5 cm³/mol. The molecule has 3 aromatic rings. The van der Waals surface area contributed by atoms with E-state index in [-0.39, 0.29) is 5.91 Å². The van der Waals surface area contributed by atoms with Crippen LogP contribution in [0.3, 0.4) is 0 Å². The molecule has 2 aromatic heterocycles. The fourth-order valence-corrected chi connectivity index (χ4v) is 2.25. The number of carbonyl (C=O) groups excluding carboxylic acids is 1. The van der Waals surface area contributed by atoms with Crippen molar-refractivity contribution in [1.29, 1.82) is 0 Å². The zero-order valence-corrected chi connectivity index (χ0v) is 13.1. The van der Waals surface area contributed by atoms with Crippen molar-refractivity contribution in [2.24, 2.45) is 0 Å². The van der Waals surface area contributed by atoms with Gasteiger partial charge < -0.3 is 10.1 Å². The summed E-state index contributed by atoms with van der Waals surface area (Å²) in [7, 11) is 1.54. The van der Waals surface area contributed by atoms with Gasteiger partial charge in [-0.15, -0.1) is 5.10 Å². The van der Waals surface area contributed by atoms with Crippen molar-refractivity contribution in [3.8, 4) is 5.88 Å². The maximum absolute atomic E-state index is 12.2. The topological polar surface area (TPSA) is 68.5 Å². The van der Waals surface area contributed by atoms with Crippen molar-refractivity contribution < 1.29 is 9.53 Å². The normalized spacial score (nSPS) is 10.7. The Morgan fingerprint density at radius 1 is 1.17 bits per heavy atom. The summed E-state index contributed by atoms with van der Waals surface area (Å²) >= 11 is 0. The van der Waals surface area contributed by atoms with Gasteiger partial charge in [0.2, 0.25) is 5.88 Å². The Morgan fingerprint density at radius 3 is 2.61 bits per heavy atom. The van der Waals surface area contributed by atoms with Crippen LogP contribution in [0.15, 0.2) is 42.6 Å². The van der Waals surface area contributed by atoms with Crippen LogP contribution in [0.2, 0.25) is 0 Å². The highest BCUT2D eigenvalue weighted by Crippen LogP contribution is 2.10. The third-order valence-corrected chi connectivity index (χ3v) is 3.62. The minimum Gasteiger partial charge on any atom is -0.480 e. The van der Waals surface area contributed by atoms with Gasteiger partial charge in [-0.1, -0.05) is 31.2 Å². The molecule has 2 heterocycles. The lowest BCUT2D eigenvalue weighted by molar-refractivity contribution is 0.0946. The SMILES string of the molecule is CCc1ccc(CNC(=O)c2cn3nc(OC)ccc3n2)cc1. The largest absolute Gasteiger partial charge is 0.480 e. The summed E-state index contributed by atoms with van der Waals surface area (Å²) < 4.78 is 6.59. The van der Waals surface area contributed by atoms with Gasteiger partial charge >= 0.3 is 0 Å². The van der Waals surface area contributed by atoms with E-state index in [0.717, 1.165) is 12.0 Å². The summed E-state index contributed by atoms with van der Waals surface area (Å²) in [5.41, 5.74) is 3.26. The van der Waals surface area contributed by atoms with Gasteiger partial charge in [0.25, 0.3) is 5.91 Å². The van der Waals surface area contributed by atoms with E-state index in [4.69, 9.17) is 4.74 Å². The van der Waals surface area contributed by atoms with Crippen LogP contribution in [-0.4, -0.2) is 27.6 Å². The lowest BCUT2D eigenvalue weighted by atomic mass is 10.1. The summed E-state index contributed by atoms with van der Waals surface area (Å²) in [4.78, 5) is 16.5. The second kappa shape index (κ2) is 6.48. The van der Waals surface area contributed by atoms with Crippen LogP contribution in [0.5, 0.6) is 5.88 Å². The van der Waals surface area contributed by atoms with Crippen LogP contribution < -0.4 is 10.1 Å². The quantitative estimate of drug-likeness (QED) is 0.784.